The standard InChI is InChI=1S/C28H36N6O/c1-32-12-3-8-28(19-32)9-13-34(20-28)26-17-24(31-25-16-22(35-2)5-6-23(25)26)21-4-7-27(30-18-21)33-14-10-29-11-15-33/h4-7,16-18,29H,3,8-15,19-20H2,1-2H3. The summed E-state index contributed by atoms with van der Waals surface area (Å²) in [5.41, 5.74) is 4.69. The van der Waals surface area contributed by atoms with Crippen LogP contribution in [0.1, 0.15) is 19.3 Å². The van der Waals surface area contributed by atoms with Gasteiger partial charge >= 0.3 is 0 Å². The molecule has 0 aliphatic carbocycles. The minimum absolute atomic E-state index is 0.404. The maximum Gasteiger partial charge on any atom is 0.128 e. The summed E-state index contributed by atoms with van der Waals surface area (Å²) < 4.78 is 5.54. The van der Waals surface area contributed by atoms with Gasteiger partial charge in [0.1, 0.15) is 11.6 Å². The minimum atomic E-state index is 0.404. The van der Waals surface area contributed by atoms with E-state index in [1.54, 1.807) is 7.11 Å². The quantitative estimate of drug-likeness (QED) is 0.622. The third kappa shape index (κ3) is 4.43. The van der Waals surface area contributed by atoms with Gasteiger partial charge in [-0.15, -0.1) is 0 Å². The van der Waals surface area contributed by atoms with Crippen molar-refractivity contribution >= 4 is 22.4 Å². The summed E-state index contributed by atoms with van der Waals surface area (Å²) in [6, 6.07) is 12.9. The number of fused-ring (bicyclic) bond motifs is 1. The van der Waals surface area contributed by atoms with Gasteiger partial charge in [0.05, 0.1) is 18.3 Å². The Balaban J connectivity index is 1.36. The molecule has 1 atom stereocenters. The van der Waals surface area contributed by atoms with Gasteiger partial charge < -0.3 is 24.8 Å². The Hall–Kier alpha value is -2.90. The van der Waals surface area contributed by atoms with E-state index >= 15 is 0 Å². The lowest BCUT2D eigenvalue weighted by molar-refractivity contribution is 0.128. The Bertz CT molecular complexity index is 1190. The van der Waals surface area contributed by atoms with Crippen molar-refractivity contribution in [1.29, 1.82) is 0 Å². The second-order valence-corrected chi connectivity index (χ2v) is 10.6. The highest BCUT2D eigenvalue weighted by Crippen LogP contribution is 2.43. The maximum atomic E-state index is 5.54. The Morgan fingerprint density at radius 3 is 2.60 bits per heavy atom. The van der Waals surface area contributed by atoms with Gasteiger partial charge in [0, 0.05) is 80.1 Å². The molecular formula is C28H36N6O. The Kier molecular flexibility index (Phi) is 5.98. The van der Waals surface area contributed by atoms with Crippen molar-refractivity contribution in [2.45, 2.75) is 19.3 Å². The van der Waals surface area contributed by atoms with Crippen LogP contribution >= 0.6 is 0 Å². The molecule has 184 valence electrons. The second-order valence-electron chi connectivity index (χ2n) is 10.6. The zero-order valence-electron chi connectivity index (χ0n) is 21.0. The fourth-order valence-electron chi connectivity index (χ4n) is 6.27. The number of pyridine rings is 2. The van der Waals surface area contributed by atoms with E-state index in [0.29, 0.717) is 5.41 Å². The summed E-state index contributed by atoms with van der Waals surface area (Å²) in [4.78, 5) is 17.3. The molecule has 35 heavy (non-hydrogen) atoms. The van der Waals surface area contributed by atoms with Crippen LogP contribution in [0.5, 0.6) is 5.75 Å². The number of hydrogen-bond acceptors (Lipinski definition) is 7. The fraction of sp³-hybridized carbons (Fsp3) is 0.500. The van der Waals surface area contributed by atoms with E-state index in [2.05, 4.69) is 63.5 Å². The highest BCUT2D eigenvalue weighted by atomic mass is 16.5. The minimum Gasteiger partial charge on any atom is -0.497 e. The van der Waals surface area contributed by atoms with Gasteiger partial charge in [0.15, 0.2) is 0 Å². The molecule has 0 saturated carbocycles. The first kappa shape index (κ1) is 22.6. The van der Waals surface area contributed by atoms with Gasteiger partial charge in [0.2, 0.25) is 0 Å². The van der Waals surface area contributed by atoms with Gasteiger partial charge in [-0.25, -0.2) is 9.97 Å². The lowest BCUT2D eigenvalue weighted by Crippen LogP contribution is -2.43. The zero-order chi connectivity index (χ0) is 23.8. The predicted octanol–water partition coefficient (Wildman–Crippen LogP) is 3.64. The lowest BCUT2D eigenvalue weighted by Gasteiger charge is -2.38. The van der Waals surface area contributed by atoms with Crippen molar-refractivity contribution in [1.82, 2.24) is 20.2 Å². The number of piperidine rings is 1. The van der Waals surface area contributed by atoms with E-state index < -0.39 is 0 Å². The highest BCUT2D eigenvalue weighted by Gasteiger charge is 2.41. The van der Waals surface area contributed by atoms with E-state index in [1.807, 2.05) is 6.20 Å². The van der Waals surface area contributed by atoms with E-state index in [4.69, 9.17) is 14.7 Å². The van der Waals surface area contributed by atoms with Gasteiger partial charge in [0.25, 0.3) is 0 Å². The number of methoxy groups -OCH3 is 1. The third-order valence-electron chi connectivity index (χ3n) is 8.11. The van der Waals surface area contributed by atoms with Crippen LogP contribution in [0.15, 0.2) is 42.6 Å². The van der Waals surface area contributed by atoms with Crippen LogP contribution in [0.2, 0.25) is 0 Å². The summed E-state index contributed by atoms with van der Waals surface area (Å²) >= 11 is 0. The third-order valence-corrected chi connectivity index (χ3v) is 8.11. The predicted molar refractivity (Wildman–Crippen MR) is 143 cm³/mol. The Labute approximate surface area is 208 Å². The number of likely N-dealkylation sites (tertiary alicyclic amines) is 1. The molecule has 1 aromatic carbocycles. The summed E-state index contributed by atoms with van der Waals surface area (Å²) in [6.07, 6.45) is 5.87. The van der Waals surface area contributed by atoms with Crippen molar-refractivity contribution in [3.63, 3.8) is 0 Å². The monoisotopic (exact) mass is 472 g/mol. The maximum absolute atomic E-state index is 5.54. The van der Waals surface area contributed by atoms with Crippen molar-refractivity contribution in [3.8, 4) is 17.0 Å². The zero-order valence-corrected chi connectivity index (χ0v) is 21.0. The largest absolute Gasteiger partial charge is 0.497 e. The van der Waals surface area contributed by atoms with Crippen molar-refractivity contribution in [3.05, 3.63) is 42.6 Å². The number of nitrogens with zero attached hydrogens (tertiary/aromatic N) is 5. The van der Waals surface area contributed by atoms with Crippen LogP contribution in [0.3, 0.4) is 0 Å². The van der Waals surface area contributed by atoms with Crippen LogP contribution in [0.25, 0.3) is 22.2 Å². The summed E-state index contributed by atoms with van der Waals surface area (Å²) in [7, 11) is 3.99. The van der Waals surface area contributed by atoms with E-state index in [1.165, 1.54) is 43.4 Å². The second kappa shape index (κ2) is 9.28. The SMILES string of the molecule is COc1ccc2c(N3CCC4(CCCN(C)C4)C3)cc(-c3ccc(N4CCNCC4)nc3)nc2c1. The number of ether oxygens (including phenoxy) is 1. The topological polar surface area (TPSA) is 56.8 Å². The molecule has 3 aromatic rings. The molecule has 3 saturated heterocycles. The Morgan fingerprint density at radius 1 is 0.943 bits per heavy atom. The highest BCUT2D eigenvalue weighted by molar-refractivity contribution is 5.95. The average molecular weight is 473 g/mol. The van der Waals surface area contributed by atoms with Gasteiger partial charge in [-0.2, -0.15) is 0 Å². The number of nitrogens with one attached hydrogen (secondary N) is 1. The molecule has 3 aliphatic rings. The molecule has 0 amide bonds. The Morgan fingerprint density at radius 2 is 1.83 bits per heavy atom. The van der Waals surface area contributed by atoms with Crippen LogP contribution in [0.4, 0.5) is 11.5 Å². The van der Waals surface area contributed by atoms with Gasteiger partial charge in [-0.1, -0.05) is 0 Å². The fourth-order valence-corrected chi connectivity index (χ4v) is 6.27. The number of rotatable bonds is 4. The number of hydrogen-bond donors (Lipinski definition) is 1. The molecule has 1 spiro atoms. The van der Waals surface area contributed by atoms with E-state index in [-0.39, 0.29) is 0 Å². The number of anilines is 2. The molecule has 1 N–H and O–H groups in total. The molecule has 3 aliphatic heterocycles. The van der Waals surface area contributed by atoms with Gasteiger partial charge in [-0.05, 0) is 63.2 Å². The van der Waals surface area contributed by atoms with Crippen LogP contribution in [-0.4, -0.2) is 81.4 Å². The van der Waals surface area contributed by atoms with E-state index in [9.17, 15) is 0 Å². The molecular weight excluding hydrogens is 436 g/mol. The molecule has 0 radical (unpaired) electrons. The number of benzene rings is 1. The smallest absolute Gasteiger partial charge is 0.128 e. The summed E-state index contributed by atoms with van der Waals surface area (Å²) in [5.74, 6) is 1.88. The summed E-state index contributed by atoms with van der Waals surface area (Å²) in [5, 5.41) is 4.60. The first-order valence-corrected chi connectivity index (χ1v) is 13.0. The normalized spacial score (nSPS) is 23.4. The molecule has 5 heterocycles. The number of aromatic nitrogens is 2. The first-order valence-electron chi connectivity index (χ1n) is 13.0. The average Bonchev–Trinajstić information content (AvgIpc) is 3.30. The molecule has 0 bridgehead atoms. The van der Waals surface area contributed by atoms with Crippen LogP contribution < -0.4 is 19.9 Å². The first-order chi connectivity index (χ1) is 17.1. The van der Waals surface area contributed by atoms with Gasteiger partial charge in [-0.3, -0.25) is 0 Å². The lowest BCUT2D eigenvalue weighted by atomic mass is 9.79. The molecule has 3 fully saturated rings. The van der Waals surface area contributed by atoms with Crippen molar-refractivity contribution in [2.75, 3.05) is 76.3 Å². The molecule has 7 nitrogen and oxygen atoms in total. The summed E-state index contributed by atoms with van der Waals surface area (Å²) in [6.45, 7) is 8.64. The molecule has 1 unspecified atom stereocenters. The van der Waals surface area contributed by atoms with Crippen molar-refractivity contribution in [2.24, 2.45) is 5.41 Å². The van der Waals surface area contributed by atoms with Crippen LogP contribution in [-0.2, 0) is 0 Å². The molecule has 7 heteroatoms. The van der Waals surface area contributed by atoms with Crippen molar-refractivity contribution < 1.29 is 4.74 Å². The van der Waals surface area contributed by atoms with Crippen LogP contribution in [0, 0.1) is 5.41 Å². The molecule has 6 rings (SSSR count). The van der Waals surface area contributed by atoms with E-state index in [0.717, 1.165) is 67.6 Å². The molecule has 2 aromatic heterocycles. The number of piperazine rings is 1.